The highest BCUT2D eigenvalue weighted by atomic mass is 35.5. The Morgan fingerprint density at radius 3 is 2.48 bits per heavy atom. The van der Waals surface area contributed by atoms with Gasteiger partial charge in [0, 0.05) is 41.7 Å². The smallest absolute Gasteiger partial charge is 0.315 e. The van der Waals surface area contributed by atoms with Crippen molar-refractivity contribution in [2.75, 3.05) is 11.4 Å². The van der Waals surface area contributed by atoms with Crippen molar-refractivity contribution in [2.45, 2.75) is 36.9 Å². The fourth-order valence-electron chi connectivity index (χ4n) is 3.94. The average molecular weight is 481 g/mol. The minimum Gasteiger partial charge on any atom is -0.351 e. The number of hydrogen-bond acceptors (Lipinski definition) is 3. The van der Waals surface area contributed by atoms with Gasteiger partial charge >= 0.3 is 6.03 Å². The molecule has 1 saturated heterocycles. The summed E-state index contributed by atoms with van der Waals surface area (Å²) in [6.07, 6.45) is -1.05. The standard InChI is InChI=1S/C22H20ClF3N4O3/c23-16-7-2-1-6-15(16)18(19(31)28-13-9-22(25,26)10-13)30(14-5-3-4-12(24)8-14)20(32)17-11-27-21(33)29-17/h1-8,13,17-18H,9-11H2,(H,28,31)(H2,27,29,33). The molecule has 0 spiro atoms. The molecule has 2 aromatic rings. The second kappa shape index (κ2) is 8.93. The summed E-state index contributed by atoms with van der Waals surface area (Å²) in [5.74, 6) is -4.97. The number of alkyl halides is 2. The molecule has 2 unspecified atom stereocenters. The molecule has 1 saturated carbocycles. The Morgan fingerprint density at radius 1 is 1.15 bits per heavy atom. The van der Waals surface area contributed by atoms with Gasteiger partial charge in [-0.1, -0.05) is 35.9 Å². The van der Waals surface area contributed by atoms with E-state index in [0.717, 1.165) is 11.0 Å². The number of rotatable bonds is 6. The molecule has 4 amide bonds. The van der Waals surface area contributed by atoms with Gasteiger partial charge in [0.25, 0.3) is 11.8 Å². The van der Waals surface area contributed by atoms with Gasteiger partial charge in [0.05, 0.1) is 0 Å². The molecular weight excluding hydrogens is 461 g/mol. The predicted molar refractivity (Wildman–Crippen MR) is 115 cm³/mol. The van der Waals surface area contributed by atoms with E-state index in [-0.39, 0.29) is 22.8 Å². The van der Waals surface area contributed by atoms with Crippen molar-refractivity contribution in [3.63, 3.8) is 0 Å². The summed E-state index contributed by atoms with van der Waals surface area (Å²) in [4.78, 5) is 39.6. The van der Waals surface area contributed by atoms with Crippen LogP contribution in [0.1, 0.15) is 24.4 Å². The first-order valence-corrected chi connectivity index (χ1v) is 10.6. The summed E-state index contributed by atoms with van der Waals surface area (Å²) in [7, 11) is 0. The lowest BCUT2D eigenvalue weighted by molar-refractivity contribution is -0.133. The van der Waals surface area contributed by atoms with Crippen LogP contribution in [0.2, 0.25) is 5.02 Å². The Balaban J connectivity index is 1.77. The molecule has 7 nitrogen and oxygen atoms in total. The van der Waals surface area contributed by atoms with Crippen LogP contribution >= 0.6 is 11.6 Å². The molecule has 3 N–H and O–H groups in total. The van der Waals surface area contributed by atoms with E-state index in [1.807, 2.05) is 0 Å². The Labute approximate surface area is 192 Å². The lowest BCUT2D eigenvalue weighted by Gasteiger charge is -2.38. The molecule has 33 heavy (non-hydrogen) atoms. The first-order valence-electron chi connectivity index (χ1n) is 10.2. The summed E-state index contributed by atoms with van der Waals surface area (Å²) >= 11 is 6.35. The lowest BCUT2D eigenvalue weighted by atomic mass is 9.87. The van der Waals surface area contributed by atoms with Gasteiger partial charge in [-0.15, -0.1) is 0 Å². The minimum absolute atomic E-state index is 0.0418. The van der Waals surface area contributed by atoms with Crippen LogP contribution in [-0.4, -0.2) is 42.4 Å². The van der Waals surface area contributed by atoms with Crippen molar-refractivity contribution in [3.05, 3.63) is 64.9 Å². The zero-order valence-electron chi connectivity index (χ0n) is 17.2. The van der Waals surface area contributed by atoms with Crippen LogP contribution < -0.4 is 20.9 Å². The maximum atomic E-state index is 14.1. The van der Waals surface area contributed by atoms with Gasteiger partial charge in [-0.05, 0) is 24.3 Å². The number of carbonyl (C=O) groups excluding carboxylic acids is 3. The predicted octanol–water partition coefficient (Wildman–Crippen LogP) is 3.15. The van der Waals surface area contributed by atoms with Crippen molar-refractivity contribution >= 4 is 35.1 Å². The number of carbonyl (C=O) groups is 3. The summed E-state index contributed by atoms with van der Waals surface area (Å²) in [6.45, 7) is -0.0464. The molecule has 1 heterocycles. The molecular formula is C22H20ClF3N4O3. The second-order valence-corrected chi connectivity index (χ2v) is 8.40. The number of amides is 4. The fourth-order valence-corrected chi connectivity index (χ4v) is 4.18. The highest BCUT2D eigenvalue weighted by Gasteiger charge is 2.47. The Morgan fingerprint density at radius 2 is 1.88 bits per heavy atom. The van der Waals surface area contributed by atoms with Gasteiger partial charge in [-0.25, -0.2) is 18.0 Å². The van der Waals surface area contributed by atoms with E-state index in [1.165, 1.54) is 30.3 Å². The molecule has 2 aromatic carbocycles. The van der Waals surface area contributed by atoms with E-state index in [0.29, 0.717) is 0 Å². The Bertz CT molecular complexity index is 1090. The van der Waals surface area contributed by atoms with E-state index in [2.05, 4.69) is 16.0 Å². The largest absolute Gasteiger partial charge is 0.351 e. The first-order chi connectivity index (χ1) is 15.6. The Kier molecular flexibility index (Phi) is 6.20. The van der Waals surface area contributed by atoms with Crippen LogP contribution in [0.5, 0.6) is 0 Å². The van der Waals surface area contributed by atoms with E-state index < -0.39 is 60.6 Å². The molecule has 0 bridgehead atoms. The minimum atomic E-state index is -2.87. The number of benzene rings is 2. The van der Waals surface area contributed by atoms with Crippen molar-refractivity contribution in [1.82, 2.24) is 16.0 Å². The topological polar surface area (TPSA) is 90.5 Å². The number of urea groups is 1. The first kappa shape index (κ1) is 22.9. The van der Waals surface area contributed by atoms with Gasteiger partial charge < -0.3 is 16.0 Å². The third kappa shape index (κ3) is 4.90. The zero-order valence-corrected chi connectivity index (χ0v) is 17.9. The van der Waals surface area contributed by atoms with Crippen LogP contribution in [-0.2, 0) is 9.59 Å². The fraction of sp³-hybridized carbons (Fsp3) is 0.318. The van der Waals surface area contributed by atoms with Crippen molar-refractivity contribution in [1.29, 1.82) is 0 Å². The van der Waals surface area contributed by atoms with E-state index in [1.54, 1.807) is 12.1 Å². The van der Waals surface area contributed by atoms with E-state index in [9.17, 15) is 27.6 Å². The van der Waals surface area contributed by atoms with Gasteiger partial charge in [-0.3, -0.25) is 14.5 Å². The third-order valence-corrected chi connectivity index (χ3v) is 5.88. The molecule has 174 valence electrons. The highest BCUT2D eigenvalue weighted by molar-refractivity contribution is 6.31. The van der Waals surface area contributed by atoms with Crippen LogP contribution in [0, 0.1) is 5.82 Å². The molecule has 4 rings (SSSR count). The SMILES string of the molecule is O=C1NCC(C(=O)N(c2cccc(F)c2)C(C(=O)NC2CC(F)(F)C2)c2ccccc2Cl)N1. The van der Waals surface area contributed by atoms with E-state index in [4.69, 9.17) is 11.6 Å². The maximum absolute atomic E-state index is 14.1. The number of nitrogens with one attached hydrogen (secondary N) is 3. The summed E-state index contributed by atoms with van der Waals surface area (Å²) in [6, 6.07) is 7.51. The molecule has 11 heteroatoms. The van der Waals surface area contributed by atoms with Crippen molar-refractivity contribution in [3.8, 4) is 0 Å². The van der Waals surface area contributed by atoms with Crippen molar-refractivity contribution < 1.29 is 27.6 Å². The van der Waals surface area contributed by atoms with Crippen LogP contribution in [0.25, 0.3) is 0 Å². The number of halogens is 4. The normalized spacial score (nSPS) is 20.2. The lowest BCUT2D eigenvalue weighted by Crippen LogP contribution is -2.56. The van der Waals surface area contributed by atoms with Gasteiger partial charge in [0.1, 0.15) is 17.9 Å². The second-order valence-electron chi connectivity index (χ2n) is 7.99. The van der Waals surface area contributed by atoms with Gasteiger partial charge in [-0.2, -0.15) is 0 Å². The maximum Gasteiger partial charge on any atom is 0.315 e. The quantitative estimate of drug-likeness (QED) is 0.593. The Hall–Kier alpha value is -3.27. The summed E-state index contributed by atoms with van der Waals surface area (Å²) in [5.41, 5.74) is 0.262. The van der Waals surface area contributed by atoms with Crippen molar-refractivity contribution in [2.24, 2.45) is 0 Å². The molecule has 0 aromatic heterocycles. The number of hydrogen-bond donors (Lipinski definition) is 3. The molecule has 2 fully saturated rings. The highest BCUT2D eigenvalue weighted by Crippen LogP contribution is 2.39. The molecule has 0 radical (unpaired) electrons. The average Bonchev–Trinajstić information content (AvgIpc) is 3.17. The third-order valence-electron chi connectivity index (χ3n) is 5.54. The monoisotopic (exact) mass is 480 g/mol. The number of anilines is 1. The summed E-state index contributed by atoms with van der Waals surface area (Å²) < 4.78 is 40.8. The van der Waals surface area contributed by atoms with Crippen LogP contribution in [0.4, 0.5) is 23.7 Å². The molecule has 2 aliphatic rings. The van der Waals surface area contributed by atoms with Crippen LogP contribution in [0.15, 0.2) is 48.5 Å². The number of nitrogens with zero attached hydrogens (tertiary/aromatic N) is 1. The van der Waals surface area contributed by atoms with Gasteiger partial charge in [0.2, 0.25) is 5.91 Å². The summed E-state index contributed by atoms with van der Waals surface area (Å²) in [5, 5.41) is 7.62. The molecule has 1 aliphatic carbocycles. The zero-order chi connectivity index (χ0) is 23.8. The molecule has 1 aliphatic heterocycles. The van der Waals surface area contributed by atoms with E-state index >= 15 is 0 Å². The molecule has 2 atom stereocenters. The van der Waals surface area contributed by atoms with Crippen LogP contribution in [0.3, 0.4) is 0 Å². The van der Waals surface area contributed by atoms with Gasteiger partial charge in [0.15, 0.2) is 0 Å².